The molecular weight excluding hydrogens is 853 g/mol. The van der Waals surface area contributed by atoms with E-state index >= 15 is 0 Å². The molecule has 0 heterocycles. The van der Waals surface area contributed by atoms with E-state index in [1.54, 1.807) is 0 Å². The molecule has 0 aromatic carbocycles. The highest BCUT2D eigenvalue weighted by atomic mass is 16.6. The zero-order chi connectivity index (χ0) is 50.0. The number of carbonyl (C=O) groups excluding carboxylic acids is 3. The Morgan fingerprint density at radius 2 is 0.565 bits per heavy atom. The van der Waals surface area contributed by atoms with Crippen molar-refractivity contribution in [3.8, 4) is 0 Å². The Labute approximate surface area is 428 Å². The van der Waals surface area contributed by atoms with Crippen LogP contribution in [0.25, 0.3) is 0 Å². The summed E-state index contributed by atoms with van der Waals surface area (Å²) in [4.78, 5) is 38.2. The first-order valence-corrected chi connectivity index (χ1v) is 30.1. The lowest BCUT2D eigenvalue weighted by Gasteiger charge is -2.18. The van der Waals surface area contributed by atoms with Gasteiger partial charge in [-0.2, -0.15) is 0 Å². The zero-order valence-corrected chi connectivity index (χ0v) is 46.1. The smallest absolute Gasteiger partial charge is 0.306 e. The van der Waals surface area contributed by atoms with Gasteiger partial charge in [-0.05, 0) is 77.0 Å². The Hall–Kier alpha value is -2.63. The SMILES string of the molecule is CC/C=C\C/C=C\C/C=C\CCCCCCCCCC(=O)OCC(COC(=O)CCCCCCCCCCCCCCCCCCC)OC(=O)CCCCCCCCC/C=C\CCCCCCCC. The zero-order valence-electron chi connectivity index (χ0n) is 46.1. The van der Waals surface area contributed by atoms with E-state index in [4.69, 9.17) is 14.2 Å². The minimum Gasteiger partial charge on any atom is -0.462 e. The first-order valence-electron chi connectivity index (χ1n) is 30.1. The van der Waals surface area contributed by atoms with Crippen molar-refractivity contribution in [1.29, 1.82) is 0 Å². The summed E-state index contributed by atoms with van der Waals surface area (Å²) in [5.74, 6) is -0.871. The van der Waals surface area contributed by atoms with Gasteiger partial charge in [0.15, 0.2) is 6.10 Å². The lowest BCUT2D eigenvalue weighted by atomic mass is 10.0. The average Bonchev–Trinajstić information content (AvgIpc) is 3.35. The molecule has 0 radical (unpaired) electrons. The van der Waals surface area contributed by atoms with Crippen molar-refractivity contribution < 1.29 is 28.6 Å². The molecule has 6 heteroatoms. The number of rotatable bonds is 55. The third kappa shape index (κ3) is 56.2. The van der Waals surface area contributed by atoms with Gasteiger partial charge in [0.1, 0.15) is 13.2 Å². The Morgan fingerprint density at radius 3 is 0.899 bits per heavy atom. The summed E-state index contributed by atoms with van der Waals surface area (Å²) < 4.78 is 16.9. The fourth-order valence-corrected chi connectivity index (χ4v) is 8.81. The molecule has 0 bridgehead atoms. The molecule has 0 aliphatic carbocycles. The summed E-state index contributed by atoms with van der Waals surface area (Å²) in [5, 5.41) is 0. The van der Waals surface area contributed by atoms with Crippen molar-refractivity contribution in [2.24, 2.45) is 0 Å². The first-order chi connectivity index (χ1) is 34.0. The van der Waals surface area contributed by atoms with Gasteiger partial charge < -0.3 is 14.2 Å². The summed E-state index contributed by atoms with van der Waals surface area (Å²) in [6, 6.07) is 0. The van der Waals surface area contributed by atoms with E-state index in [1.807, 2.05) is 0 Å². The molecule has 1 atom stereocenters. The van der Waals surface area contributed by atoms with Crippen LogP contribution in [0.1, 0.15) is 316 Å². The Kier molecular flexibility index (Phi) is 55.7. The lowest BCUT2D eigenvalue weighted by molar-refractivity contribution is -0.167. The topological polar surface area (TPSA) is 78.9 Å². The Bertz CT molecular complexity index is 1200. The second-order valence-corrected chi connectivity index (χ2v) is 20.2. The molecule has 0 aliphatic heterocycles. The van der Waals surface area contributed by atoms with E-state index in [-0.39, 0.29) is 31.1 Å². The van der Waals surface area contributed by atoms with E-state index in [2.05, 4.69) is 69.4 Å². The minimum atomic E-state index is -0.778. The number of hydrogen-bond acceptors (Lipinski definition) is 6. The van der Waals surface area contributed by atoms with E-state index in [9.17, 15) is 14.4 Å². The number of esters is 3. The predicted octanol–water partition coefficient (Wildman–Crippen LogP) is 20.2. The summed E-state index contributed by atoms with van der Waals surface area (Å²) in [5.41, 5.74) is 0. The number of carbonyl (C=O) groups is 3. The number of hydrogen-bond donors (Lipinski definition) is 0. The van der Waals surface area contributed by atoms with Gasteiger partial charge in [-0.1, -0.05) is 268 Å². The van der Waals surface area contributed by atoms with Crippen molar-refractivity contribution in [1.82, 2.24) is 0 Å². The van der Waals surface area contributed by atoms with Crippen molar-refractivity contribution in [2.45, 2.75) is 322 Å². The Balaban J connectivity index is 4.36. The highest BCUT2D eigenvalue weighted by Crippen LogP contribution is 2.17. The van der Waals surface area contributed by atoms with Gasteiger partial charge in [-0.3, -0.25) is 14.4 Å². The van der Waals surface area contributed by atoms with Gasteiger partial charge in [-0.25, -0.2) is 0 Å². The van der Waals surface area contributed by atoms with Gasteiger partial charge >= 0.3 is 17.9 Å². The molecule has 0 amide bonds. The van der Waals surface area contributed by atoms with Crippen molar-refractivity contribution in [2.75, 3.05) is 13.2 Å². The van der Waals surface area contributed by atoms with Crippen molar-refractivity contribution in [3.05, 3.63) is 48.6 Å². The van der Waals surface area contributed by atoms with E-state index in [0.717, 1.165) is 83.5 Å². The monoisotopic (exact) mass is 967 g/mol. The summed E-state index contributed by atoms with van der Waals surface area (Å²) in [7, 11) is 0. The van der Waals surface area contributed by atoms with Crippen LogP contribution in [0.2, 0.25) is 0 Å². The van der Waals surface area contributed by atoms with Crippen LogP contribution in [0, 0.1) is 0 Å². The fraction of sp³-hybridized carbons (Fsp3) is 0.825. The molecule has 0 spiro atoms. The number of unbranched alkanes of at least 4 members (excludes halogenated alkanes) is 36. The highest BCUT2D eigenvalue weighted by molar-refractivity contribution is 5.71. The minimum absolute atomic E-state index is 0.0746. The van der Waals surface area contributed by atoms with Crippen LogP contribution in [0.3, 0.4) is 0 Å². The van der Waals surface area contributed by atoms with Gasteiger partial charge in [0.05, 0.1) is 0 Å². The fourth-order valence-electron chi connectivity index (χ4n) is 8.81. The molecule has 0 fully saturated rings. The molecule has 0 aromatic heterocycles. The molecule has 6 nitrogen and oxygen atoms in total. The second kappa shape index (κ2) is 57.9. The van der Waals surface area contributed by atoms with Gasteiger partial charge in [-0.15, -0.1) is 0 Å². The van der Waals surface area contributed by atoms with Crippen LogP contribution in [-0.2, 0) is 28.6 Å². The van der Waals surface area contributed by atoms with E-state index < -0.39 is 6.10 Å². The molecule has 69 heavy (non-hydrogen) atoms. The van der Waals surface area contributed by atoms with Crippen LogP contribution in [0.5, 0.6) is 0 Å². The summed E-state index contributed by atoms with van der Waals surface area (Å²) >= 11 is 0. The summed E-state index contributed by atoms with van der Waals surface area (Å²) in [6.07, 6.45) is 71.0. The van der Waals surface area contributed by atoms with Crippen LogP contribution >= 0.6 is 0 Å². The average molecular weight is 968 g/mol. The molecule has 0 rings (SSSR count). The molecular formula is C63H114O6. The molecule has 0 saturated carbocycles. The maximum Gasteiger partial charge on any atom is 0.306 e. The number of ether oxygens (including phenoxy) is 3. The summed E-state index contributed by atoms with van der Waals surface area (Å²) in [6.45, 7) is 6.56. The van der Waals surface area contributed by atoms with Crippen LogP contribution in [0.15, 0.2) is 48.6 Å². The van der Waals surface area contributed by atoms with Crippen molar-refractivity contribution in [3.63, 3.8) is 0 Å². The maximum absolute atomic E-state index is 12.9. The van der Waals surface area contributed by atoms with Gasteiger partial charge in [0.2, 0.25) is 0 Å². The third-order valence-corrected chi connectivity index (χ3v) is 13.3. The molecule has 0 aromatic rings. The second-order valence-electron chi connectivity index (χ2n) is 20.2. The normalized spacial score (nSPS) is 12.3. The molecule has 402 valence electrons. The van der Waals surface area contributed by atoms with Crippen LogP contribution < -0.4 is 0 Å². The predicted molar refractivity (Wildman–Crippen MR) is 298 cm³/mol. The largest absolute Gasteiger partial charge is 0.462 e. The first kappa shape index (κ1) is 66.4. The van der Waals surface area contributed by atoms with Crippen molar-refractivity contribution >= 4 is 17.9 Å². The van der Waals surface area contributed by atoms with Gasteiger partial charge in [0, 0.05) is 19.3 Å². The standard InChI is InChI=1S/C63H114O6/c1-4-7-10-13-16-19-22-25-28-31-34-37-40-43-46-49-52-55-61(64)67-58-60(69-63(66)57-54-51-48-45-42-39-36-33-30-27-24-21-18-15-12-9-6-3)59-68-62(65)56-53-50-47-44-41-38-35-32-29-26-23-20-17-14-11-8-5-2/h7,10,16,19,25,27-28,30,60H,4-6,8-9,11-15,17-18,20-24,26,29,31-59H2,1-3H3/b10-7-,19-16-,28-25-,30-27-. The van der Waals surface area contributed by atoms with E-state index in [1.165, 1.54) is 193 Å². The molecule has 0 saturated heterocycles. The maximum atomic E-state index is 12.9. The van der Waals surface area contributed by atoms with Crippen LogP contribution in [0.4, 0.5) is 0 Å². The quantitative estimate of drug-likeness (QED) is 0.0262. The Morgan fingerprint density at radius 1 is 0.304 bits per heavy atom. The van der Waals surface area contributed by atoms with E-state index in [0.29, 0.717) is 19.3 Å². The number of allylic oxidation sites excluding steroid dienone is 8. The molecule has 0 aliphatic rings. The molecule has 0 N–H and O–H groups in total. The highest BCUT2D eigenvalue weighted by Gasteiger charge is 2.19. The van der Waals surface area contributed by atoms with Crippen LogP contribution in [-0.4, -0.2) is 37.2 Å². The third-order valence-electron chi connectivity index (χ3n) is 13.3. The molecule has 1 unspecified atom stereocenters. The van der Waals surface area contributed by atoms with Gasteiger partial charge in [0.25, 0.3) is 0 Å². The lowest BCUT2D eigenvalue weighted by Crippen LogP contribution is -2.30.